The Morgan fingerprint density at radius 2 is 1.95 bits per heavy atom. The van der Waals surface area contributed by atoms with Crippen molar-refractivity contribution in [2.75, 3.05) is 10.6 Å². The van der Waals surface area contributed by atoms with Crippen LogP contribution in [0.4, 0.5) is 11.4 Å². The summed E-state index contributed by atoms with van der Waals surface area (Å²) in [5.41, 5.74) is 2.31. The summed E-state index contributed by atoms with van der Waals surface area (Å²) in [6.45, 7) is 3.40. The summed E-state index contributed by atoms with van der Waals surface area (Å²) >= 11 is 1.71. The van der Waals surface area contributed by atoms with Crippen molar-refractivity contribution in [2.45, 2.75) is 33.1 Å². The molecular weight excluding hydrogens is 296 g/mol. The van der Waals surface area contributed by atoms with Crippen molar-refractivity contribution in [3.05, 3.63) is 46.2 Å². The number of carbonyl (C=O) groups is 2. The first kappa shape index (κ1) is 16.2. The molecule has 0 aliphatic heterocycles. The van der Waals surface area contributed by atoms with E-state index in [2.05, 4.69) is 16.7 Å². The van der Waals surface area contributed by atoms with Gasteiger partial charge in [0.1, 0.15) is 0 Å². The van der Waals surface area contributed by atoms with Gasteiger partial charge in [0.15, 0.2) is 0 Å². The van der Waals surface area contributed by atoms with Crippen molar-refractivity contribution in [2.24, 2.45) is 0 Å². The molecule has 4 nitrogen and oxygen atoms in total. The predicted octanol–water partition coefficient (Wildman–Crippen LogP) is 3.98. The Hall–Kier alpha value is -2.14. The lowest BCUT2D eigenvalue weighted by Crippen LogP contribution is -2.15. The van der Waals surface area contributed by atoms with Crippen LogP contribution < -0.4 is 10.6 Å². The van der Waals surface area contributed by atoms with Gasteiger partial charge < -0.3 is 10.6 Å². The third-order valence-corrected chi connectivity index (χ3v) is 4.10. The Kier molecular flexibility index (Phi) is 5.72. The van der Waals surface area contributed by atoms with E-state index in [9.17, 15) is 9.59 Å². The average molecular weight is 316 g/mol. The first-order valence-electron chi connectivity index (χ1n) is 7.25. The van der Waals surface area contributed by atoms with Crippen molar-refractivity contribution in [3.8, 4) is 0 Å². The lowest BCUT2D eigenvalue weighted by molar-refractivity contribution is -0.116. The van der Waals surface area contributed by atoms with E-state index in [1.165, 1.54) is 11.8 Å². The van der Waals surface area contributed by atoms with E-state index in [0.717, 1.165) is 18.4 Å². The van der Waals surface area contributed by atoms with Gasteiger partial charge in [-0.15, -0.1) is 11.3 Å². The molecule has 22 heavy (non-hydrogen) atoms. The summed E-state index contributed by atoms with van der Waals surface area (Å²) < 4.78 is 0. The van der Waals surface area contributed by atoms with E-state index in [1.54, 1.807) is 17.4 Å². The SMILES string of the molecule is CC(=O)Nc1ccc(C)cc1NC(=O)CCCc1cccs1. The second kappa shape index (κ2) is 7.75. The zero-order valence-corrected chi connectivity index (χ0v) is 13.6. The smallest absolute Gasteiger partial charge is 0.224 e. The summed E-state index contributed by atoms with van der Waals surface area (Å²) in [7, 11) is 0. The largest absolute Gasteiger partial charge is 0.325 e. The maximum atomic E-state index is 12.1. The molecule has 0 saturated carbocycles. The van der Waals surface area contributed by atoms with Crippen molar-refractivity contribution < 1.29 is 9.59 Å². The number of amides is 2. The molecule has 1 aromatic heterocycles. The van der Waals surface area contributed by atoms with E-state index in [1.807, 2.05) is 30.5 Å². The molecule has 0 aliphatic rings. The number of benzene rings is 1. The van der Waals surface area contributed by atoms with Gasteiger partial charge in [0.05, 0.1) is 11.4 Å². The van der Waals surface area contributed by atoms with E-state index in [0.29, 0.717) is 17.8 Å². The average Bonchev–Trinajstić information content (AvgIpc) is 2.94. The Morgan fingerprint density at radius 3 is 2.64 bits per heavy atom. The fourth-order valence-corrected chi connectivity index (χ4v) is 2.90. The molecule has 0 radical (unpaired) electrons. The summed E-state index contributed by atoms with van der Waals surface area (Å²) in [4.78, 5) is 24.6. The molecule has 2 rings (SSSR count). The quantitative estimate of drug-likeness (QED) is 0.847. The molecule has 116 valence electrons. The number of carbonyl (C=O) groups excluding carboxylic acids is 2. The van der Waals surface area contributed by atoms with E-state index >= 15 is 0 Å². The Labute approximate surface area is 134 Å². The van der Waals surface area contributed by atoms with Gasteiger partial charge in [0.25, 0.3) is 0 Å². The molecule has 0 aliphatic carbocycles. The normalized spacial score (nSPS) is 10.3. The Morgan fingerprint density at radius 1 is 1.14 bits per heavy atom. The van der Waals surface area contributed by atoms with Gasteiger partial charge in [-0.3, -0.25) is 9.59 Å². The lowest BCUT2D eigenvalue weighted by atomic mass is 10.1. The van der Waals surface area contributed by atoms with E-state index < -0.39 is 0 Å². The van der Waals surface area contributed by atoms with Gasteiger partial charge in [-0.05, 0) is 48.9 Å². The minimum Gasteiger partial charge on any atom is -0.325 e. The van der Waals surface area contributed by atoms with Crippen LogP contribution in [0.5, 0.6) is 0 Å². The number of hydrogen-bond acceptors (Lipinski definition) is 3. The number of thiophene rings is 1. The number of hydrogen-bond donors (Lipinski definition) is 2. The van der Waals surface area contributed by atoms with Crippen LogP contribution >= 0.6 is 11.3 Å². The van der Waals surface area contributed by atoms with Crippen LogP contribution in [0.1, 0.15) is 30.2 Å². The molecule has 2 N–H and O–H groups in total. The second-order valence-electron chi connectivity index (χ2n) is 5.21. The maximum absolute atomic E-state index is 12.1. The molecule has 1 aromatic carbocycles. The van der Waals surface area contributed by atoms with Crippen molar-refractivity contribution >= 4 is 34.5 Å². The monoisotopic (exact) mass is 316 g/mol. The van der Waals surface area contributed by atoms with Gasteiger partial charge in [0, 0.05) is 18.2 Å². The summed E-state index contributed by atoms with van der Waals surface area (Å²) in [5, 5.41) is 7.66. The number of aryl methyl sites for hydroxylation is 2. The van der Waals surface area contributed by atoms with Gasteiger partial charge in [-0.1, -0.05) is 12.1 Å². The highest BCUT2D eigenvalue weighted by molar-refractivity contribution is 7.09. The molecular formula is C17H20N2O2S. The molecule has 5 heteroatoms. The standard InChI is InChI=1S/C17H20N2O2S/c1-12-8-9-15(18-13(2)20)16(11-12)19-17(21)7-3-5-14-6-4-10-22-14/h4,6,8-11H,3,5,7H2,1-2H3,(H,18,20)(H,19,21). The van der Waals surface area contributed by atoms with Crippen LogP contribution in [0.25, 0.3) is 0 Å². The summed E-state index contributed by atoms with van der Waals surface area (Å²) in [6.07, 6.45) is 2.19. The zero-order chi connectivity index (χ0) is 15.9. The molecule has 0 spiro atoms. The zero-order valence-electron chi connectivity index (χ0n) is 12.8. The minimum atomic E-state index is -0.156. The number of nitrogens with one attached hydrogen (secondary N) is 2. The summed E-state index contributed by atoms with van der Waals surface area (Å²) in [5.74, 6) is -0.189. The fraction of sp³-hybridized carbons (Fsp3) is 0.294. The highest BCUT2D eigenvalue weighted by atomic mass is 32.1. The highest BCUT2D eigenvalue weighted by Crippen LogP contribution is 2.23. The van der Waals surface area contributed by atoms with Crippen LogP contribution in [-0.4, -0.2) is 11.8 Å². The molecule has 0 unspecified atom stereocenters. The minimum absolute atomic E-state index is 0.0336. The van der Waals surface area contributed by atoms with Crippen molar-refractivity contribution in [1.29, 1.82) is 0 Å². The van der Waals surface area contributed by atoms with Crippen LogP contribution in [0.15, 0.2) is 35.7 Å². The Balaban J connectivity index is 1.92. The fourth-order valence-electron chi connectivity index (χ4n) is 2.15. The topological polar surface area (TPSA) is 58.2 Å². The van der Waals surface area contributed by atoms with Crippen molar-refractivity contribution in [3.63, 3.8) is 0 Å². The number of anilines is 2. The highest BCUT2D eigenvalue weighted by Gasteiger charge is 2.08. The van der Waals surface area contributed by atoms with Crippen LogP contribution in [-0.2, 0) is 16.0 Å². The molecule has 0 bridgehead atoms. The van der Waals surface area contributed by atoms with E-state index in [4.69, 9.17) is 0 Å². The predicted molar refractivity (Wildman–Crippen MR) is 91.4 cm³/mol. The maximum Gasteiger partial charge on any atom is 0.224 e. The summed E-state index contributed by atoms with van der Waals surface area (Å²) in [6, 6.07) is 9.67. The molecule has 1 heterocycles. The van der Waals surface area contributed by atoms with E-state index in [-0.39, 0.29) is 11.8 Å². The molecule has 0 fully saturated rings. The van der Waals surface area contributed by atoms with Crippen LogP contribution in [0.2, 0.25) is 0 Å². The van der Waals surface area contributed by atoms with Crippen LogP contribution in [0.3, 0.4) is 0 Å². The van der Waals surface area contributed by atoms with Gasteiger partial charge >= 0.3 is 0 Å². The van der Waals surface area contributed by atoms with Gasteiger partial charge in [0.2, 0.25) is 11.8 Å². The van der Waals surface area contributed by atoms with Gasteiger partial charge in [-0.25, -0.2) is 0 Å². The lowest BCUT2D eigenvalue weighted by Gasteiger charge is -2.12. The number of rotatable bonds is 6. The molecule has 2 amide bonds. The molecule has 2 aromatic rings. The Bertz CT molecular complexity index is 651. The van der Waals surface area contributed by atoms with Gasteiger partial charge in [-0.2, -0.15) is 0 Å². The van der Waals surface area contributed by atoms with Crippen LogP contribution in [0, 0.1) is 6.92 Å². The molecule has 0 saturated heterocycles. The third-order valence-electron chi connectivity index (χ3n) is 3.17. The van der Waals surface area contributed by atoms with Crippen molar-refractivity contribution in [1.82, 2.24) is 0 Å². The third kappa shape index (κ3) is 5.00. The first-order valence-corrected chi connectivity index (χ1v) is 8.13. The first-order chi connectivity index (χ1) is 10.5. The second-order valence-corrected chi connectivity index (χ2v) is 6.24. The molecule has 0 atom stereocenters.